The van der Waals surface area contributed by atoms with Gasteiger partial charge in [-0.1, -0.05) is 12.8 Å². The molecule has 0 aromatic heterocycles. The van der Waals surface area contributed by atoms with E-state index in [1.54, 1.807) is 0 Å². The highest BCUT2D eigenvalue weighted by atomic mass is 32.2. The minimum Gasteiger partial charge on any atom is -0.444 e. The monoisotopic (exact) mass is 294 g/mol. The molecule has 19 heavy (non-hydrogen) atoms. The molecular formula is C12H26N2O4S. The molecule has 0 atom stereocenters. The molecule has 0 aromatic rings. The first kappa shape index (κ1) is 18.2. The van der Waals surface area contributed by atoms with Gasteiger partial charge >= 0.3 is 6.09 Å². The molecule has 2 N–H and O–H groups in total. The fourth-order valence-corrected chi connectivity index (χ4v) is 1.88. The number of alkyl carbamates (subject to hydrolysis) is 1. The van der Waals surface area contributed by atoms with Crippen molar-refractivity contribution in [2.45, 2.75) is 52.1 Å². The van der Waals surface area contributed by atoms with E-state index in [-0.39, 0.29) is 0 Å². The second kappa shape index (κ2) is 8.37. The molecule has 114 valence electrons. The molecule has 0 unspecified atom stereocenters. The molecule has 0 rings (SSSR count). The third-order valence-electron chi connectivity index (χ3n) is 2.14. The lowest BCUT2D eigenvalue weighted by Crippen LogP contribution is -2.33. The molecule has 0 bridgehead atoms. The number of amides is 1. The van der Waals surface area contributed by atoms with Crippen molar-refractivity contribution in [2.24, 2.45) is 0 Å². The number of ether oxygens (including phenoxy) is 1. The highest BCUT2D eigenvalue weighted by Crippen LogP contribution is 2.06. The molecule has 0 radical (unpaired) electrons. The lowest BCUT2D eigenvalue weighted by Gasteiger charge is -2.19. The second-order valence-corrected chi connectivity index (χ2v) is 7.34. The number of hydrogen-bond donors (Lipinski definition) is 2. The van der Waals surface area contributed by atoms with Crippen LogP contribution in [0.2, 0.25) is 0 Å². The predicted octanol–water partition coefficient (Wildman–Crippen LogP) is 1.62. The minimum absolute atomic E-state index is 0.397. The number of hydrogen-bond acceptors (Lipinski definition) is 4. The Labute approximate surface area is 116 Å². The third kappa shape index (κ3) is 15.1. The Balaban J connectivity index is 3.39. The average molecular weight is 294 g/mol. The first-order valence-corrected chi connectivity index (χ1v) is 8.41. The first-order chi connectivity index (χ1) is 8.60. The Kier molecular flexibility index (Phi) is 8.01. The van der Waals surface area contributed by atoms with Gasteiger partial charge in [-0.15, -0.1) is 0 Å². The predicted molar refractivity (Wildman–Crippen MR) is 75.6 cm³/mol. The van der Waals surface area contributed by atoms with Gasteiger partial charge in [-0.25, -0.2) is 17.9 Å². The van der Waals surface area contributed by atoms with Gasteiger partial charge < -0.3 is 10.1 Å². The van der Waals surface area contributed by atoms with Crippen molar-refractivity contribution in [1.29, 1.82) is 0 Å². The van der Waals surface area contributed by atoms with Crippen LogP contribution in [0.4, 0.5) is 4.79 Å². The maximum absolute atomic E-state index is 11.3. The van der Waals surface area contributed by atoms with Crippen molar-refractivity contribution in [1.82, 2.24) is 10.0 Å². The summed E-state index contributed by atoms with van der Waals surface area (Å²) < 4.78 is 29.1. The van der Waals surface area contributed by atoms with Crippen molar-refractivity contribution < 1.29 is 17.9 Å². The van der Waals surface area contributed by atoms with Crippen LogP contribution < -0.4 is 10.0 Å². The van der Waals surface area contributed by atoms with Gasteiger partial charge in [0, 0.05) is 13.1 Å². The lowest BCUT2D eigenvalue weighted by atomic mass is 10.2. The Morgan fingerprint density at radius 3 is 2.05 bits per heavy atom. The molecule has 0 saturated heterocycles. The average Bonchev–Trinajstić information content (AvgIpc) is 2.17. The topological polar surface area (TPSA) is 84.5 Å². The van der Waals surface area contributed by atoms with Crippen LogP contribution in [0.3, 0.4) is 0 Å². The number of carbonyl (C=O) groups is 1. The summed E-state index contributed by atoms with van der Waals surface area (Å²) in [5.74, 6) is 0. The van der Waals surface area contributed by atoms with Crippen LogP contribution >= 0.6 is 0 Å². The molecule has 6 nitrogen and oxygen atoms in total. The molecular weight excluding hydrogens is 268 g/mol. The van der Waals surface area contributed by atoms with E-state index in [4.69, 9.17) is 4.74 Å². The quantitative estimate of drug-likeness (QED) is 0.666. The molecule has 0 aliphatic rings. The van der Waals surface area contributed by atoms with Crippen molar-refractivity contribution in [2.75, 3.05) is 19.3 Å². The van der Waals surface area contributed by atoms with Gasteiger partial charge in [0.2, 0.25) is 10.0 Å². The molecule has 0 spiro atoms. The van der Waals surface area contributed by atoms with Crippen molar-refractivity contribution >= 4 is 16.1 Å². The number of sulfonamides is 1. The van der Waals surface area contributed by atoms with E-state index in [0.717, 1.165) is 31.9 Å². The highest BCUT2D eigenvalue weighted by Gasteiger charge is 2.15. The van der Waals surface area contributed by atoms with Crippen molar-refractivity contribution in [3.63, 3.8) is 0 Å². The summed E-state index contributed by atoms with van der Waals surface area (Å²) >= 11 is 0. The number of rotatable bonds is 8. The smallest absolute Gasteiger partial charge is 0.407 e. The Hall–Kier alpha value is -0.820. The molecule has 1 amide bonds. The van der Waals surface area contributed by atoms with Crippen LogP contribution in [0, 0.1) is 0 Å². The zero-order valence-electron chi connectivity index (χ0n) is 12.3. The SMILES string of the molecule is CC(C)(C)OC(=O)NCCCCCCNS(C)(=O)=O. The van der Waals surface area contributed by atoms with Crippen LogP contribution in [-0.4, -0.2) is 39.5 Å². The van der Waals surface area contributed by atoms with E-state index in [1.807, 2.05) is 20.8 Å². The lowest BCUT2D eigenvalue weighted by molar-refractivity contribution is 0.0527. The van der Waals surface area contributed by atoms with E-state index in [0.29, 0.717) is 13.1 Å². The largest absolute Gasteiger partial charge is 0.444 e. The fourth-order valence-electron chi connectivity index (χ4n) is 1.37. The summed E-state index contributed by atoms with van der Waals surface area (Å²) in [6, 6.07) is 0. The van der Waals surface area contributed by atoms with Gasteiger partial charge in [-0.05, 0) is 33.6 Å². The molecule has 0 aliphatic heterocycles. The molecule has 0 aromatic carbocycles. The van der Waals surface area contributed by atoms with Crippen LogP contribution in [0.25, 0.3) is 0 Å². The second-order valence-electron chi connectivity index (χ2n) is 5.51. The van der Waals surface area contributed by atoms with Gasteiger partial charge in [0.05, 0.1) is 6.26 Å². The molecule has 0 saturated carbocycles. The summed E-state index contributed by atoms with van der Waals surface area (Å²) in [5.41, 5.74) is -0.471. The van der Waals surface area contributed by atoms with Crippen molar-refractivity contribution in [3.8, 4) is 0 Å². The first-order valence-electron chi connectivity index (χ1n) is 6.52. The van der Waals surface area contributed by atoms with E-state index >= 15 is 0 Å². The summed E-state index contributed by atoms with van der Waals surface area (Å²) in [7, 11) is -3.07. The Bertz CT molecular complexity index is 360. The van der Waals surface area contributed by atoms with Gasteiger partial charge in [0.1, 0.15) is 5.60 Å². The van der Waals surface area contributed by atoms with E-state index < -0.39 is 21.7 Å². The molecule has 0 aliphatic carbocycles. The third-order valence-corrected chi connectivity index (χ3v) is 2.86. The molecule has 7 heteroatoms. The number of unbranched alkanes of at least 4 members (excludes halogenated alkanes) is 3. The van der Waals surface area contributed by atoms with Gasteiger partial charge in [0.25, 0.3) is 0 Å². The van der Waals surface area contributed by atoms with Gasteiger partial charge in [0.15, 0.2) is 0 Å². The number of carbonyl (C=O) groups excluding carboxylic acids is 1. The zero-order chi connectivity index (χ0) is 14.9. The fraction of sp³-hybridized carbons (Fsp3) is 0.917. The maximum atomic E-state index is 11.3. The highest BCUT2D eigenvalue weighted by molar-refractivity contribution is 7.88. The van der Waals surface area contributed by atoms with Crippen LogP contribution in [0.5, 0.6) is 0 Å². The van der Waals surface area contributed by atoms with Gasteiger partial charge in [-0.3, -0.25) is 0 Å². The van der Waals surface area contributed by atoms with Gasteiger partial charge in [-0.2, -0.15) is 0 Å². The van der Waals surface area contributed by atoms with Crippen LogP contribution in [0.15, 0.2) is 0 Å². The van der Waals surface area contributed by atoms with Crippen molar-refractivity contribution in [3.05, 3.63) is 0 Å². The van der Waals surface area contributed by atoms with E-state index in [9.17, 15) is 13.2 Å². The van der Waals surface area contributed by atoms with Crippen LogP contribution in [-0.2, 0) is 14.8 Å². The molecule has 0 fully saturated rings. The molecule has 0 heterocycles. The summed E-state index contributed by atoms with van der Waals surface area (Å²) in [6.45, 7) is 6.51. The Morgan fingerprint density at radius 1 is 1.05 bits per heavy atom. The number of nitrogens with one attached hydrogen (secondary N) is 2. The zero-order valence-corrected chi connectivity index (χ0v) is 13.1. The van der Waals surface area contributed by atoms with E-state index in [1.165, 1.54) is 0 Å². The maximum Gasteiger partial charge on any atom is 0.407 e. The minimum atomic E-state index is -3.07. The normalized spacial score (nSPS) is 12.2. The summed E-state index contributed by atoms with van der Waals surface area (Å²) in [6.07, 6.45) is 4.29. The van der Waals surface area contributed by atoms with Crippen LogP contribution in [0.1, 0.15) is 46.5 Å². The summed E-state index contributed by atoms with van der Waals surface area (Å²) in [4.78, 5) is 11.3. The summed E-state index contributed by atoms with van der Waals surface area (Å²) in [5, 5.41) is 2.68. The van der Waals surface area contributed by atoms with E-state index in [2.05, 4.69) is 10.0 Å². The Morgan fingerprint density at radius 2 is 1.58 bits per heavy atom. The standard InChI is InChI=1S/C12H26N2O4S/c1-12(2,3)18-11(15)13-9-7-5-6-8-10-14-19(4,16)17/h14H,5-10H2,1-4H3,(H,13,15).